The number of aliphatic hydroxyl groups is 1. The predicted molar refractivity (Wildman–Crippen MR) is 106 cm³/mol. The van der Waals surface area contributed by atoms with Crippen molar-refractivity contribution in [2.24, 2.45) is 5.92 Å². The van der Waals surface area contributed by atoms with Crippen LogP contribution in [-0.4, -0.2) is 54.2 Å². The van der Waals surface area contributed by atoms with Crippen LogP contribution >= 0.6 is 0 Å². The standard InChI is InChI=1S/C22H26O8/c1-12(7-8-23)21(26)29-19-10-16(11-24)5-6-17(28-15(4)25)13(2)9-18-20(19)14(3)22(27)30-18/h5,7,9,11,17-20,23H,3,6,8,10H2,1-2,4H3/b12-7+,13-9?,16-5?/t17-,18-,19-,20+/m1/s1. The van der Waals surface area contributed by atoms with Gasteiger partial charge in [0.15, 0.2) is 0 Å². The first-order valence-electron chi connectivity index (χ1n) is 9.56. The van der Waals surface area contributed by atoms with Gasteiger partial charge in [0.1, 0.15) is 24.6 Å². The van der Waals surface area contributed by atoms with Crippen LogP contribution in [0.15, 0.2) is 47.1 Å². The van der Waals surface area contributed by atoms with E-state index in [1.165, 1.54) is 19.9 Å². The second-order valence-corrected chi connectivity index (χ2v) is 7.28. The van der Waals surface area contributed by atoms with Crippen LogP contribution in [0.3, 0.4) is 0 Å². The van der Waals surface area contributed by atoms with E-state index in [4.69, 9.17) is 19.3 Å². The zero-order valence-electron chi connectivity index (χ0n) is 17.3. The smallest absolute Gasteiger partial charge is 0.334 e. The summed E-state index contributed by atoms with van der Waals surface area (Å²) < 4.78 is 16.3. The van der Waals surface area contributed by atoms with E-state index in [1.54, 1.807) is 19.1 Å². The fraction of sp³-hybridized carbons (Fsp3) is 0.455. The zero-order valence-corrected chi connectivity index (χ0v) is 17.3. The summed E-state index contributed by atoms with van der Waals surface area (Å²) in [6.45, 7) is 7.96. The molecule has 1 saturated heterocycles. The highest BCUT2D eigenvalue weighted by molar-refractivity contribution is 5.92. The Morgan fingerprint density at radius 2 is 2.03 bits per heavy atom. The van der Waals surface area contributed by atoms with Crippen molar-refractivity contribution < 1.29 is 38.5 Å². The number of aldehydes is 1. The largest absolute Gasteiger partial charge is 0.458 e. The maximum Gasteiger partial charge on any atom is 0.334 e. The van der Waals surface area contributed by atoms with Crippen molar-refractivity contribution >= 4 is 24.2 Å². The molecule has 0 spiro atoms. The summed E-state index contributed by atoms with van der Waals surface area (Å²) in [6, 6.07) is 0. The third kappa shape index (κ3) is 5.54. The van der Waals surface area contributed by atoms with Gasteiger partial charge >= 0.3 is 17.9 Å². The highest BCUT2D eigenvalue weighted by Crippen LogP contribution is 2.36. The Balaban J connectivity index is 2.47. The molecule has 30 heavy (non-hydrogen) atoms. The lowest BCUT2D eigenvalue weighted by molar-refractivity contribution is -0.148. The summed E-state index contributed by atoms with van der Waals surface area (Å²) in [4.78, 5) is 47.7. The van der Waals surface area contributed by atoms with Gasteiger partial charge in [-0.2, -0.15) is 0 Å². The molecule has 0 saturated carbocycles. The minimum Gasteiger partial charge on any atom is -0.458 e. The lowest BCUT2D eigenvalue weighted by Gasteiger charge is -2.28. The van der Waals surface area contributed by atoms with E-state index < -0.39 is 42.1 Å². The van der Waals surface area contributed by atoms with E-state index in [0.717, 1.165) is 0 Å². The molecule has 0 aromatic rings. The molecular weight excluding hydrogens is 392 g/mol. The van der Waals surface area contributed by atoms with Crippen molar-refractivity contribution in [1.29, 1.82) is 0 Å². The molecule has 2 aliphatic rings. The average molecular weight is 418 g/mol. The summed E-state index contributed by atoms with van der Waals surface area (Å²) in [5, 5.41) is 9.00. The lowest BCUT2D eigenvalue weighted by atomic mass is 9.85. The number of fused-ring (bicyclic) bond motifs is 1. The molecule has 4 atom stereocenters. The normalized spacial score (nSPS) is 27.3. The van der Waals surface area contributed by atoms with Gasteiger partial charge in [-0.15, -0.1) is 0 Å². The third-order valence-electron chi connectivity index (χ3n) is 5.07. The second kappa shape index (κ2) is 10.2. The molecular formula is C22H26O8. The fourth-order valence-electron chi connectivity index (χ4n) is 3.44. The third-order valence-corrected chi connectivity index (χ3v) is 5.07. The Labute approximate surface area is 174 Å². The van der Waals surface area contributed by atoms with Gasteiger partial charge in [0.05, 0.1) is 12.5 Å². The van der Waals surface area contributed by atoms with E-state index in [-0.39, 0.29) is 30.6 Å². The van der Waals surface area contributed by atoms with Crippen LogP contribution in [0.2, 0.25) is 0 Å². The Bertz CT molecular complexity index is 832. The molecule has 1 aliphatic heterocycles. The summed E-state index contributed by atoms with van der Waals surface area (Å²) in [7, 11) is 0. The number of ether oxygens (including phenoxy) is 3. The molecule has 0 radical (unpaired) electrons. The van der Waals surface area contributed by atoms with E-state index in [1.807, 2.05) is 0 Å². The number of hydrogen-bond acceptors (Lipinski definition) is 8. The van der Waals surface area contributed by atoms with Crippen molar-refractivity contribution in [1.82, 2.24) is 0 Å². The van der Waals surface area contributed by atoms with Crippen LogP contribution in [0.1, 0.15) is 33.6 Å². The number of hydrogen-bond donors (Lipinski definition) is 1. The predicted octanol–water partition coefficient (Wildman–Crippen LogP) is 1.73. The molecule has 1 aliphatic carbocycles. The minimum atomic E-state index is -0.894. The summed E-state index contributed by atoms with van der Waals surface area (Å²) >= 11 is 0. The number of aliphatic hydroxyl groups excluding tert-OH is 1. The Kier molecular flexibility index (Phi) is 7.88. The molecule has 1 fully saturated rings. The van der Waals surface area contributed by atoms with Crippen molar-refractivity contribution in [3.8, 4) is 0 Å². The van der Waals surface area contributed by atoms with Crippen LogP contribution in [0, 0.1) is 5.92 Å². The lowest BCUT2D eigenvalue weighted by Crippen LogP contribution is -2.34. The molecule has 1 N–H and O–H groups in total. The first-order chi connectivity index (χ1) is 14.2. The van der Waals surface area contributed by atoms with Crippen molar-refractivity contribution in [3.05, 3.63) is 47.1 Å². The topological polar surface area (TPSA) is 116 Å². The molecule has 2 rings (SSSR count). The van der Waals surface area contributed by atoms with Gasteiger partial charge in [-0.1, -0.05) is 12.7 Å². The molecule has 8 nitrogen and oxygen atoms in total. The zero-order chi connectivity index (χ0) is 22.4. The van der Waals surface area contributed by atoms with Gasteiger partial charge in [-0.05, 0) is 37.1 Å². The van der Waals surface area contributed by atoms with Crippen LogP contribution in [0.25, 0.3) is 0 Å². The summed E-state index contributed by atoms with van der Waals surface area (Å²) in [5.74, 6) is -2.51. The van der Waals surface area contributed by atoms with Crippen molar-refractivity contribution in [2.45, 2.75) is 51.9 Å². The SMILES string of the molecule is C=C1C(=O)O[C@@H]2C=C(C)[C@H](OC(C)=O)CC=C(C=O)C[C@@H](OC(=O)/C(C)=C/CO)[C@@H]12. The highest BCUT2D eigenvalue weighted by Gasteiger charge is 2.45. The van der Waals surface area contributed by atoms with Crippen LogP contribution in [0.5, 0.6) is 0 Å². The first kappa shape index (κ1) is 23.3. The second-order valence-electron chi connectivity index (χ2n) is 7.28. The first-order valence-corrected chi connectivity index (χ1v) is 9.56. The van der Waals surface area contributed by atoms with Gasteiger partial charge in [0, 0.05) is 30.9 Å². The van der Waals surface area contributed by atoms with Gasteiger partial charge in [0.25, 0.3) is 0 Å². The number of carbonyl (C=O) groups is 4. The van der Waals surface area contributed by atoms with Gasteiger partial charge in [-0.3, -0.25) is 9.59 Å². The molecule has 0 aromatic carbocycles. The highest BCUT2D eigenvalue weighted by atomic mass is 16.6. The van der Waals surface area contributed by atoms with E-state index >= 15 is 0 Å². The number of carbonyl (C=O) groups excluding carboxylic acids is 4. The van der Waals surface area contributed by atoms with E-state index in [0.29, 0.717) is 17.4 Å². The molecule has 0 unspecified atom stereocenters. The van der Waals surface area contributed by atoms with Crippen LogP contribution < -0.4 is 0 Å². The fourth-order valence-corrected chi connectivity index (χ4v) is 3.44. The number of esters is 3. The number of rotatable bonds is 5. The van der Waals surface area contributed by atoms with Crippen LogP contribution in [-0.2, 0) is 33.4 Å². The monoisotopic (exact) mass is 418 g/mol. The Morgan fingerprint density at radius 3 is 2.63 bits per heavy atom. The Hall–Kier alpha value is -3.00. The van der Waals surface area contributed by atoms with Crippen molar-refractivity contribution in [2.75, 3.05) is 6.61 Å². The van der Waals surface area contributed by atoms with Crippen molar-refractivity contribution in [3.63, 3.8) is 0 Å². The Morgan fingerprint density at radius 1 is 1.33 bits per heavy atom. The van der Waals surface area contributed by atoms with Gasteiger partial charge < -0.3 is 19.3 Å². The summed E-state index contributed by atoms with van der Waals surface area (Å²) in [5.41, 5.74) is 1.28. The maximum absolute atomic E-state index is 12.4. The summed E-state index contributed by atoms with van der Waals surface area (Å²) in [6.07, 6.45) is 3.17. The van der Waals surface area contributed by atoms with E-state index in [9.17, 15) is 19.2 Å². The molecule has 0 bridgehead atoms. The molecule has 8 heteroatoms. The quantitative estimate of drug-likeness (QED) is 0.236. The van der Waals surface area contributed by atoms with Gasteiger partial charge in [-0.25, -0.2) is 9.59 Å². The average Bonchev–Trinajstić information content (AvgIpc) is 2.95. The molecule has 0 aromatic heterocycles. The molecule has 162 valence electrons. The molecule has 1 heterocycles. The maximum atomic E-state index is 12.4. The van der Waals surface area contributed by atoms with E-state index in [2.05, 4.69) is 6.58 Å². The van der Waals surface area contributed by atoms with Crippen LogP contribution in [0.4, 0.5) is 0 Å². The van der Waals surface area contributed by atoms with Gasteiger partial charge in [0.2, 0.25) is 0 Å². The molecule has 0 amide bonds. The minimum absolute atomic E-state index is 0.0259.